The molecule has 0 saturated carbocycles. The molecule has 1 aliphatic heterocycles. The monoisotopic (exact) mass is 306 g/mol. The van der Waals surface area contributed by atoms with Crippen molar-refractivity contribution in [2.45, 2.75) is 26.3 Å². The molecule has 2 rings (SSSR count). The van der Waals surface area contributed by atoms with Gasteiger partial charge in [-0.05, 0) is 26.3 Å². The van der Waals surface area contributed by atoms with Crippen molar-refractivity contribution in [2.24, 2.45) is 0 Å². The van der Waals surface area contributed by atoms with Gasteiger partial charge in [0.1, 0.15) is 0 Å². The minimum Gasteiger partial charge on any atom is -0.466 e. The summed E-state index contributed by atoms with van der Waals surface area (Å²) in [5, 5.41) is 2.77. The van der Waals surface area contributed by atoms with Crippen molar-refractivity contribution in [1.82, 2.24) is 9.88 Å². The van der Waals surface area contributed by atoms with Crippen molar-refractivity contribution in [2.75, 3.05) is 26.9 Å². The van der Waals surface area contributed by atoms with Crippen LogP contribution in [-0.2, 0) is 14.3 Å². The molecule has 0 radical (unpaired) electrons. The van der Waals surface area contributed by atoms with Crippen LogP contribution in [0.1, 0.15) is 34.2 Å². The fraction of sp³-hybridized carbons (Fsp3) is 0.500. The predicted octanol–water partition coefficient (Wildman–Crippen LogP) is 1.53. The predicted molar refractivity (Wildman–Crippen MR) is 81.9 cm³/mol. The lowest BCUT2D eigenvalue weighted by atomic mass is 10.2. The van der Waals surface area contributed by atoms with Gasteiger partial charge in [0.2, 0.25) is 0 Å². The summed E-state index contributed by atoms with van der Waals surface area (Å²) in [5.41, 5.74) is 2.67. The normalized spacial score (nSPS) is 17.9. The highest BCUT2D eigenvalue weighted by atomic mass is 16.5. The van der Waals surface area contributed by atoms with E-state index in [4.69, 9.17) is 4.74 Å². The maximum absolute atomic E-state index is 12.3. The van der Waals surface area contributed by atoms with Gasteiger partial charge in [0, 0.05) is 30.6 Å². The molecular weight excluding hydrogens is 284 g/mol. The lowest BCUT2D eigenvalue weighted by Gasteiger charge is -2.16. The van der Waals surface area contributed by atoms with Gasteiger partial charge in [-0.15, -0.1) is 0 Å². The lowest BCUT2D eigenvalue weighted by Crippen LogP contribution is -2.24. The Balaban J connectivity index is 2.02. The topological polar surface area (TPSA) is 69.6 Å². The van der Waals surface area contributed by atoms with Crippen LogP contribution in [0.2, 0.25) is 0 Å². The molecule has 2 heterocycles. The summed E-state index contributed by atoms with van der Waals surface area (Å²) in [6, 6.07) is 2.20. The minimum absolute atomic E-state index is 0.146. The summed E-state index contributed by atoms with van der Waals surface area (Å²) in [5.74, 6) is -0.582. The van der Waals surface area contributed by atoms with Crippen molar-refractivity contribution in [3.05, 3.63) is 35.2 Å². The molecule has 1 aromatic rings. The number of aryl methyl sites for hydroxylation is 1. The van der Waals surface area contributed by atoms with E-state index >= 15 is 0 Å². The molecule has 6 nitrogen and oxygen atoms in total. The number of methoxy groups -OCH3 is 1. The molecule has 1 N–H and O–H groups in total. The summed E-state index contributed by atoms with van der Waals surface area (Å²) >= 11 is 0. The zero-order valence-corrected chi connectivity index (χ0v) is 13.2. The number of carbonyl (C=O) groups is 2. The van der Waals surface area contributed by atoms with Gasteiger partial charge < -0.3 is 19.4 Å². The Morgan fingerprint density at radius 1 is 1.50 bits per heavy atom. The number of rotatable bonds is 5. The molecule has 1 amide bonds. The molecule has 1 fully saturated rings. The van der Waals surface area contributed by atoms with Gasteiger partial charge in [0.05, 0.1) is 25.3 Å². The van der Waals surface area contributed by atoms with Crippen molar-refractivity contribution in [3.63, 3.8) is 0 Å². The maximum atomic E-state index is 12.3. The van der Waals surface area contributed by atoms with Gasteiger partial charge in [-0.3, -0.25) is 4.79 Å². The standard InChI is InChI=1S/C16H22N2O4/c1-11-9-14(12(2)18(11)13-6-8-22-10-13)16(20)17-7-4-5-15(19)21-3/h4-5,9,13H,6-8,10H2,1-3H3,(H,17,20)/b5-4+. The largest absolute Gasteiger partial charge is 0.466 e. The van der Waals surface area contributed by atoms with Gasteiger partial charge in [-0.1, -0.05) is 6.08 Å². The minimum atomic E-state index is -0.436. The quantitative estimate of drug-likeness (QED) is 0.661. The summed E-state index contributed by atoms with van der Waals surface area (Å²) in [6.07, 6.45) is 3.83. The van der Waals surface area contributed by atoms with Crippen molar-refractivity contribution in [3.8, 4) is 0 Å². The second-order valence-electron chi connectivity index (χ2n) is 5.31. The van der Waals surface area contributed by atoms with Crippen LogP contribution >= 0.6 is 0 Å². The second kappa shape index (κ2) is 7.26. The van der Waals surface area contributed by atoms with E-state index in [1.807, 2.05) is 19.9 Å². The van der Waals surface area contributed by atoms with Gasteiger partial charge >= 0.3 is 5.97 Å². The molecule has 1 aliphatic rings. The fourth-order valence-corrected chi connectivity index (χ4v) is 2.76. The molecule has 22 heavy (non-hydrogen) atoms. The molecule has 120 valence electrons. The van der Waals surface area contributed by atoms with Crippen LogP contribution in [0, 0.1) is 13.8 Å². The number of hydrogen-bond donors (Lipinski definition) is 1. The SMILES string of the molecule is COC(=O)/C=C/CNC(=O)c1cc(C)n(C2CCOC2)c1C. The first-order chi connectivity index (χ1) is 10.5. The number of aromatic nitrogens is 1. The Hall–Kier alpha value is -2.08. The third-order valence-corrected chi connectivity index (χ3v) is 3.84. The number of nitrogens with zero attached hydrogens (tertiary/aromatic N) is 1. The third kappa shape index (κ3) is 3.57. The molecule has 1 atom stereocenters. The molecule has 1 saturated heterocycles. The number of ether oxygens (including phenoxy) is 2. The lowest BCUT2D eigenvalue weighted by molar-refractivity contribution is -0.134. The van der Waals surface area contributed by atoms with Crippen LogP contribution in [-0.4, -0.2) is 43.3 Å². The van der Waals surface area contributed by atoms with E-state index < -0.39 is 5.97 Å². The Labute approximate surface area is 130 Å². The molecular formula is C16H22N2O4. The third-order valence-electron chi connectivity index (χ3n) is 3.84. The average molecular weight is 306 g/mol. The van der Waals surface area contributed by atoms with Crippen LogP contribution in [0.4, 0.5) is 0 Å². The van der Waals surface area contributed by atoms with Crippen LogP contribution < -0.4 is 5.32 Å². The molecule has 1 unspecified atom stereocenters. The Kier molecular flexibility index (Phi) is 5.38. The van der Waals surface area contributed by atoms with Gasteiger partial charge in [0.15, 0.2) is 0 Å². The van der Waals surface area contributed by atoms with Crippen LogP contribution in [0.25, 0.3) is 0 Å². The van der Waals surface area contributed by atoms with Crippen molar-refractivity contribution < 1.29 is 19.1 Å². The first-order valence-corrected chi connectivity index (χ1v) is 7.33. The Bertz CT molecular complexity index is 583. The highest BCUT2D eigenvalue weighted by Gasteiger charge is 2.23. The summed E-state index contributed by atoms with van der Waals surface area (Å²) < 4.78 is 12.1. The van der Waals surface area contributed by atoms with Gasteiger partial charge in [-0.2, -0.15) is 0 Å². The maximum Gasteiger partial charge on any atom is 0.330 e. The number of nitrogens with one attached hydrogen (secondary N) is 1. The van der Waals surface area contributed by atoms with Crippen molar-refractivity contribution in [1.29, 1.82) is 0 Å². The highest BCUT2D eigenvalue weighted by molar-refractivity contribution is 5.95. The van der Waals surface area contributed by atoms with Crippen molar-refractivity contribution >= 4 is 11.9 Å². The van der Waals surface area contributed by atoms with Crippen LogP contribution in [0.15, 0.2) is 18.2 Å². The molecule has 0 spiro atoms. The Morgan fingerprint density at radius 3 is 2.91 bits per heavy atom. The second-order valence-corrected chi connectivity index (χ2v) is 5.31. The zero-order chi connectivity index (χ0) is 16.1. The number of hydrogen-bond acceptors (Lipinski definition) is 4. The fourth-order valence-electron chi connectivity index (χ4n) is 2.76. The number of amides is 1. The number of carbonyl (C=O) groups excluding carboxylic acids is 2. The van der Waals surface area contributed by atoms with Gasteiger partial charge in [0.25, 0.3) is 5.91 Å². The Morgan fingerprint density at radius 2 is 2.27 bits per heavy atom. The van der Waals surface area contributed by atoms with E-state index in [0.29, 0.717) is 18.2 Å². The van der Waals surface area contributed by atoms with E-state index in [1.165, 1.54) is 13.2 Å². The molecule has 0 bridgehead atoms. The smallest absolute Gasteiger partial charge is 0.330 e. The molecule has 0 aliphatic carbocycles. The van der Waals surface area contributed by atoms with E-state index in [-0.39, 0.29) is 12.5 Å². The van der Waals surface area contributed by atoms with Gasteiger partial charge in [-0.25, -0.2) is 4.79 Å². The summed E-state index contributed by atoms with van der Waals surface area (Å²) in [7, 11) is 1.31. The summed E-state index contributed by atoms with van der Waals surface area (Å²) in [6.45, 7) is 5.69. The van der Waals surface area contributed by atoms with E-state index in [1.54, 1.807) is 6.08 Å². The highest BCUT2D eigenvalue weighted by Crippen LogP contribution is 2.26. The molecule has 0 aromatic carbocycles. The summed E-state index contributed by atoms with van der Waals surface area (Å²) in [4.78, 5) is 23.2. The zero-order valence-electron chi connectivity index (χ0n) is 13.2. The number of esters is 1. The molecule has 1 aromatic heterocycles. The van der Waals surface area contributed by atoms with Crippen LogP contribution in [0.5, 0.6) is 0 Å². The molecule has 6 heteroatoms. The van der Waals surface area contributed by atoms with E-state index in [9.17, 15) is 9.59 Å². The van der Waals surface area contributed by atoms with E-state index in [0.717, 1.165) is 24.4 Å². The first kappa shape index (κ1) is 16.3. The van der Waals surface area contributed by atoms with E-state index in [2.05, 4.69) is 14.6 Å². The first-order valence-electron chi connectivity index (χ1n) is 7.33. The van der Waals surface area contributed by atoms with Crippen LogP contribution in [0.3, 0.4) is 0 Å². The average Bonchev–Trinajstić information content (AvgIpc) is 3.11.